The SMILES string of the molecule is Brc1cccc(CNc2cccc(-c3nc4ccccc4s3)c2)c1. The first-order valence-corrected chi connectivity index (χ1v) is 9.33. The lowest BCUT2D eigenvalue weighted by Gasteiger charge is -2.08. The van der Waals surface area contributed by atoms with E-state index < -0.39 is 0 Å². The van der Waals surface area contributed by atoms with Crippen LogP contribution in [0.25, 0.3) is 20.8 Å². The van der Waals surface area contributed by atoms with Gasteiger partial charge >= 0.3 is 0 Å². The highest BCUT2D eigenvalue weighted by Crippen LogP contribution is 2.31. The molecule has 0 saturated carbocycles. The molecule has 4 rings (SSSR count). The quantitative estimate of drug-likeness (QED) is 0.436. The third-order valence-electron chi connectivity index (χ3n) is 3.79. The number of anilines is 1. The predicted octanol–water partition coefficient (Wildman–Crippen LogP) is 6.34. The first-order valence-electron chi connectivity index (χ1n) is 7.72. The number of nitrogens with zero attached hydrogens (tertiary/aromatic N) is 1. The Kier molecular flexibility index (Phi) is 4.32. The van der Waals surface area contributed by atoms with E-state index in [1.54, 1.807) is 11.3 Å². The lowest BCUT2D eigenvalue weighted by molar-refractivity contribution is 1.15. The number of hydrogen-bond acceptors (Lipinski definition) is 3. The average Bonchev–Trinajstić information content (AvgIpc) is 3.05. The van der Waals surface area contributed by atoms with Crippen LogP contribution < -0.4 is 5.32 Å². The van der Waals surface area contributed by atoms with E-state index in [1.165, 1.54) is 10.3 Å². The molecule has 1 N–H and O–H groups in total. The van der Waals surface area contributed by atoms with Crippen molar-refractivity contribution >= 4 is 43.2 Å². The van der Waals surface area contributed by atoms with Gasteiger partial charge in [-0.25, -0.2) is 4.98 Å². The molecular weight excluding hydrogens is 380 g/mol. The lowest BCUT2D eigenvalue weighted by Crippen LogP contribution is -1.99. The zero-order valence-electron chi connectivity index (χ0n) is 12.9. The number of aromatic nitrogens is 1. The van der Waals surface area contributed by atoms with Crippen molar-refractivity contribution in [1.29, 1.82) is 0 Å². The molecule has 0 radical (unpaired) electrons. The van der Waals surface area contributed by atoms with E-state index in [9.17, 15) is 0 Å². The number of fused-ring (bicyclic) bond motifs is 1. The molecule has 1 aromatic heterocycles. The van der Waals surface area contributed by atoms with E-state index >= 15 is 0 Å². The lowest BCUT2D eigenvalue weighted by atomic mass is 10.2. The Morgan fingerprint density at radius 1 is 0.917 bits per heavy atom. The van der Waals surface area contributed by atoms with Gasteiger partial charge in [0.05, 0.1) is 10.2 Å². The Labute approximate surface area is 153 Å². The first-order chi connectivity index (χ1) is 11.8. The zero-order valence-corrected chi connectivity index (χ0v) is 15.3. The average molecular weight is 395 g/mol. The second kappa shape index (κ2) is 6.75. The number of hydrogen-bond donors (Lipinski definition) is 1. The van der Waals surface area contributed by atoms with Gasteiger partial charge in [-0.2, -0.15) is 0 Å². The molecule has 0 aliphatic rings. The molecule has 24 heavy (non-hydrogen) atoms. The predicted molar refractivity (Wildman–Crippen MR) is 107 cm³/mol. The minimum absolute atomic E-state index is 0.794. The number of nitrogens with one attached hydrogen (secondary N) is 1. The molecule has 0 spiro atoms. The third kappa shape index (κ3) is 3.35. The van der Waals surface area contributed by atoms with Gasteiger partial charge in [0.2, 0.25) is 0 Å². The molecule has 118 valence electrons. The van der Waals surface area contributed by atoms with Crippen molar-refractivity contribution in [2.45, 2.75) is 6.54 Å². The van der Waals surface area contributed by atoms with Gasteiger partial charge in [0, 0.05) is 22.3 Å². The van der Waals surface area contributed by atoms with E-state index in [0.29, 0.717) is 0 Å². The summed E-state index contributed by atoms with van der Waals surface area (Å²) in [7, 11) is 0. The summed E-state index contributed by atoms with van der Waals surface area (Å²) in [5, 5.41) is 4.55. The highest BCUT2D eigenvalue weighted by molar-refractivity contribution is 9.10. The van der Waals surface area contributed by atoms with Gasteiger partial charge in [-0.15, -0.1) is 11.3 Å². The monoisotopic (exact) mass is 394 g/mol. The Morgan fingerprint density at radius 2 is 1.79 bits per heavy atom. The minimum atomic E-state index is 0.794. The van der Waals surface area contributed by atoms with Crippen molar-refractivity contribution in [3.63, 3.8) is 0 Å². The van der Waals surface area contributed by atoms with E-state index in [0.717, 1.165) is 32.8 Å². The Bertz CT molecular complexity index is 961. The molecule has 0 bridgehead atoms. The summed E-state index contributed by atoms with van der Waals surface area (Å²) in [5.41, 5.74) is 4.56. The standard InChI is InChI=1S/C20H15BrN2S/c21-16-7-3-5-14(11-16)13-22-17-8-4-6-15(12-17)20-23-18-9-1-2-10-19(18)24-20/h1-12,22H,13H2. The summed E-state index contributed by atoms with van der Waals surface area (Å²) in [6.45, 7) is 0.794. The molecule has 4 heteroatoms. The molecule has 0 fully saturated rings. The molecule has 4 aromatic rings. The number of rotatable bonds is 4. The Balaban J connectivity index is 1.57. The molecule has 0 aliphatic carbocycles. The number of benzene rings is 3. The molecular formula is C20H15BrN2S. The van der Waals surface area contributed by atoms with Crippen LogP contribution in [0.1, 0.15) is 5.56 Å². The first kappa shape index (κ1) is 15.4. The number of para-hydroxylation sites is 1. The van der Waals surface area contributed by atoms with Crippen LogP contribution in [-0.4, -0.2) is 4.98 Å². The van der Waals surface area contributed by atoms with Crippen LogP contribution in [0.3, 0.4) is 0 Å². The molecule has 0 saturated heterocycles. The third-order valence-corrected chi connectivity index (χ3v) is 5.37. The van der Waals surface area contributed by atoms with Crippen molar-refractivity contribution in [3.05, 3.63) is 82.8 Å². The normalized spacial score (nSPS) is 10.9. The second-order valence-corrected chi connectivity index (χ2v) is 7.50. The van der Waals surface area contributed by atoms with Crippen LogP contribution in [0.5, 0.6) is 0 Å². The van der Waals surface area contributed by atoms with Gasteiger partial charge in [-0.05, 0) is 42.0 Å². The molecule has 0 atom stereocenters. The summed E-state index contributed by atoms with van der Waals surface area (Å²) >= 11 is 5.24. The van der Waals surface area contributed by atoms with Crippen LogP contribution in [-0.2, 0) is 6.54 Å². The Hall–Kier alpha value is -2.17. The number of thiazole rings is 1. The van der Waals surface area contributed by atoms with Gasteiger partial charge in [0.15, 0.2) is 0 Å². The van der Waals surface area contributed by atoms with E-state index in [-0.39, 0.29) is 0 Å². The fourth-order valence-electron chi connectivity index (χ4n) is 2.61. The van der Waals surface area contributed by atoms with Gasteiger partial charge < -0.3 is 5.32 Å². The maximum absolute atomic E-state index is 4.74. The van der Waals surface area contributed by atoms with Crippen LogP contribution >= 0.6 is 27.3 Å². The van der Waals surface area contributed by atoms with E-state index in [1.807, 2.05) is 12.1 Å². The van der Waals surface area contributed by atoms with E-state index in [4.69, 9.17) is 4.98 Å². The number of halogens is 1. The topological polar surface area (TPSA) is 24.9 Å². The Morgan fingerprint density at radius 3 is 2.67 bits per heavy atom. The van der Waals surface area contributed by atoms with Crippen molar-refractivity contribution in [1.82, 2.24) is 4.98 Å². The van der Waals surface area contributed by atoms with Crippen LogP contribution in [0, 0.1) is 0 Å². The summed E-state index contributed by atoms with van der Waals surface area (Å²) in [5.74, 6) is 0. The maximum atomic E-state index is 4.74. The highest BCUT2D eigenvalue weighted by Gasteiger charge is 2.06. The maximum Gasteiger partial charge on any atom is 0.124 e. The molecule has 1 heterocycles. The fourth-order valence-corrected chi connectivity index (χ4v) is 4.02. The fraction of sp³-hybridized carbons (Fsp3) is 0.0500. The van der Waals surface area contributed by atoms with Crippen LogP contribution in [0.2, 0.25) is 0 Å². The summed E-state index contributed by atoms with van der Waals surface area (Å²) < 4.78 is 2.32. The molecule has 0 aliphatic heterocycles. The molecule has 0 unspecified atom stereocenters. The minimum Gasteiger partial charge on any atom is -0.381 e. The van der Waals surface area contributed by atoms with Crippen LogP contribution in [0.4, 0.5) is 5.69 Å². The largest absolute Gasteiger partial charge is 0.381 e. The van der Waals surface area contributed by atoms with Gasteiger partial charge in [-0.3, -0.25) is 0 Å². The van der Waals surface area contributed by atoms with Gasteiger partial charge in [0.1, 0.15) is 5.01 Å². The summed E-state index contributed by atoms with van der Waals surface area (Å²) in [6, 6.07) is 25.0. The van der Waals surface area contributed by atoms with Gasteiger partial charge in [0.25, 0.3) is 0 Å². The van der Waals surface area contributed by atoms with Crippen molar-refractivity contribution in [2.75, 3.05) is 5.32 Å². The smallest absolute Gasteiger partial charge is 0.124 e. The zero-order chi connectivity index (χ0) is 16.4. The van der Waals surface area contributed by atoms with Crippen molar-refractivity contribution in [3.8, 4) is 10.6 Å². The second-order valence-electron chi connectivity index (χ2n) is 5.55. The van der Waals surface area contributed by atoms with Crippen LogP contribution in [0.15, 0.2) is 77.3 Å². The van der Waals surface area contributed by atoms with Crippen molar-refractivity contribution in [2.24, 2.45) is 0 Å². The molecule has 3 aromatic carbocycles. The van der Waals surface area contributed by atoms with Crippen molar-refractivity contribution < 1.29 is 0 Å². The summed E-state index contributed by atoms with van der Waals surface area (Å²) in [6.07, 6.45) is 0. The molecule has 0 amide bonds. The highest BCUT2D eigenvalue weighted by atomic mass is 79.9. The molecule has 2 nitrogen and oxygen atoms in total. The van der Waals surface area contributed by atoms with E-state index in [2.05, 4.69) is 81.9 Å². The summed E-state index contributed by atoms with van der Waals surface area (Å²) in [4.78, 5) is 4.74. The van der Waals surface area contributed by atoms with Gasteiger partial charge in [-0.1, -0.05) is 52.3 Å².